The number of hydrazone groups is 1. The van der Waals surface area contributed by atoms with Gasteiger partial charge in [-0.1, -0.05) is 44.1 Å². The van der Waals surface area contributed by atoms with Crippen LogP contribution >= 0.6 is 0 Å². The van der Waals surface area contributed by atoms with Crippen molar-refractivity contribution in [2.75, 3.05) is 5.43 Å². The first-order valence-electron chi connectivity index (χ1n) is 7.99. The minimum absolute atomic E-state index is 0.0491. The summed E-state index contributed by atoms with van der Waals surface area (Å²) >= 11 is 0. The molecule has 2 aromatic heterocycles. The summed E-state index contributed by atoms with van der Waals surface area (Å²) in [7, 11) is 0. The quantitative estimate of drug-likeness (QED) is 0.438. The van der Waals surface area contributed by atoms with E-state index in [1.165, 1.54) is 6.07 Å². The summed E-state index contributed by atoms with van der Waals surface area (Å²) in [5.74, 6) is -0.0446. The molecule has 0 spiro atoms. The predicted molar refractivity (Wildman–Crippen MR) is 97.9 cm³/mol. The number of aromatic nitrogens is 2. The Kier molecular flexibility index (Phi) is 4.50. The van der Waals surface area contributed by atoms with Crippen molar-refractivity contribution >= 4 is 28.1 Å². The van der Waals surface area contributed by atoms with E-state index in [9.17, 15) is 10.1 Å². The molecule has 7 heteroatoms. The molecule has 2 heterocycles. The molecule has 3 aromatic rings. The van der Waals surface area contributed by atoms with Crippen LogP contribution in [-0.4, -0.2) is 21.6 Å². The molecule has 0 saturated heterocycles. The van der Waals surface area contributed by atoms with E-state index >= 15 is 0 Å². The van der Waals surface area contributed by atoms with Crippen molar-refractivity contribution in [3.63, 3.8) is 0 Å². The Morgan fingerprint density at radius 2 is 2.04 bits per heavy atom. The van der Waals surface area contributed by atoms with Crippen LogP contribution in [0, 0.1) is 11.3 Å². The first-order chi connectivity index (χ1) is 12.4. The third kappa shape index (κ3) is 3.44. The van der Waals surface area contributed by atoms with Crippen LogP contribution in [0.2, 0.25) is 0 Å². The van der Waals surface area contributed by atoms with Gasteiger partial charge in [0.1, 0.15) is 11.8 Å². The van der Waals surface area contributed by atoms with Gasteiger partial charge in [0.2, 0.25) is 11.5 Å². The normalized spacial score (nSPS) is 12.0. The molecule has 0 fully saturated rings. The number of pyridine rings is 1. The molecule has 1 aromatic carbocycles. The van der Waals surface area contributed by atoms with Crippen LogP contribution < -0.4 is 5.43 Å². The average molecular weight is 347 g/mol. The highest BCUT2D eigenvalue weighted by molar-refractivity contribution is 6.51. The second-order valence-electron chi connectivity index (χ2n) is 6.72. The molecule has 0 saturated carbocycles. The van der Waals surface area contributed by atoms with Crippen LogP contribution in [0.5, 0.6) is 0 Å². The zero-order valence-corrected chi connectivity index (χ0v) is 14.6. The van der Waals surface area contributed by atoms with Crippen molar-refractivity contribution in [3.8, 4) is 6.07 Å². The minimum atomic E-state index is -0.604. The smallest absolute Gasteiger partial charge is 0.245 e. The number of nitriles is 1. The van der Waals surface area contributed by atoms with Crippen LogP contribution in [0.3, 0.4) is 0 Å². The third-order valence-electron chi connectivity index (χ3n) is 3.72. The summed E-state index contributed by atoms with van der Waals surface area (Å²) in [4.78, 5) is 16.8. The summed E-state index contributed by atoms with van der Waals surface area (Å²) in [6, 6.07) is 12.6. The molecule has 0 aliphatic heterocycles. The standard InChI is InChI=1S/C19H17N5O2/c1-19(2,3)16-10-14(24-26-16)18(25)15(11-20)23-22-13-8-4-6-12-7-5-9-21-17(12)13/h4-10,22H,1-3H3. The highest BCUT2D eigenvalue weighted by Crippen LogP contribution is 2.23. The second-order valence-corrected chi connectivity index (χ2v) is 6.72. The van der Waals surface area contributed by atoms with E-state index in [2.05, 4.69) is 20.7 Å². The Bertz CT molecular complexity index is 1030. The van der Waals surface area contributed by atoms with E-state index in [0.29, 0.717) is 17.0 Å². The molecule has 26 heavy (non-hydrogen) atoms. The lowest BCUT2D eigenvalue weighted by atomic mass is 9.93. The monoisotopic (exact) mass is 347 g/mol. The van der Waals surface area contributed by atoms with Crippen LogP contribution in [0.25, 0.3) is 10.9 Å². The number of Topliss-reactive ketones (excluding diaryl/α,β-unsaturated/α-hetero) is 1. The van der Waals surface area contributed by atoms with E-state index in [1.807, 2.05) is 45.0 Å². The summed E-state index contributed by atoms with van der Waals surface area (Å²) < 4.78 is 5.20. The molecule has 0 unspecified atom stereocenters. The van der Waals surface area contributed by atoms with Gasteiger partial charge in [-0.3, -0.25) is 15.2 Å². The topological polar surface area (TPSA) is 104 Å². The molecule has 0 aliphatic carbocycles. The number of hydrogen-bond donors (Lipinski definition) is 1. The number of carbonyl (C=O) groups is 1. The van der Waals surface area contributed by atoms with Gasteiger partial charge in [-0.15, -0.1) is 0 Å². The van der Waals surface area contributed by atoms with E-state index in [0.717, 1.165) is 5.39 Å². The van der Waals surface area contributed by atoms with Gasteiger partial charge < -0.3 is 4.52 Å². The van der Waals surface area contributed by atoms with Crippen molar-refractivity contribution in [1.29, 1.82) is 5.26 Å². The fraction of sp³-hybridized carbons (Fsp3) is 0.211. The molecular formula is C19H17N5O2. The molecule has 7 nitrogen and oxygen atoms in total. The maximum atomic E-state index is 12.5. The average Bonchev–Trinajstić information content (AvgIpc) is 3.12. The number of ketones is 1. The highest BCUT2D eigenvalue weighted by atomic mass is 16.5. The van der Waals surface area contributed by atoms with Gasteiger partial charge in [0.05, 0.1) is 11.2 Å². The molecule has 130 valence electrons. The Hall–Kier alpha value is -3.53. The maximum Gasteiger partial charge on any atom is 0.245 e. The van der Waals surface area contributed by atoms with E-state index < -0.39 is 5.78 Å². The van der Waals surface area contributed by atoms with E-state index in [4.69, 9.17) is 4.52 Å². The first kappa shape index (κ1) is 17.3. The summed E-state index contributed by atoms with van der Waals surface area (Å²) in [6.45, 7) is 5.82. The number of carbonyl (C=O) groups excluding carboxylic acids is 1. The summed E-state index contributed by atoms with van der Waals surface area (Å²) in [5, 5.41) is 17.9. The number of benzene rings is 1. The second kappa shape index (κ2) is 6.76. The van der Waals surface area contributed by atoms with Crippen molar-refractivity contribution in [1.82, 2.24) is 10.1 Å². The minimum Gasteiger partial charge on any atom is -0.360 e. The van der Waals surface area contributed by atoms with Crippen molar-refractivity contribution in [2.24, 2.45) is 5.10 Å². The number of nitrogens with zero attached hydrogens (tertiary/aromatic N) is 4. The Morgan fingerprint density at radius 3 is 2.73 bits per heavy atom. The Balaban J connectivity index is 1.87. The van der Waals surface area contributed by atoms with Crippen molar-refractivity contribution in [3.05, 3.63) is 54.0 Å². The highest BCUT2D eigenvalue weighted by Gasteiger charge is 2.24. The van der Waals surface area contributed by atoms with Gasteiger partial charge in [0.15, 0.2) is 5.69 Å². The lowest BCUT2D eigenvalue weighted by molar-refractivity contribution is 0.105. The van der Waals surface area contributed by atoms with Crippen LogP contribution in [0.4, 0.5) is 5.69 Å². The van der Waals surface area contributed by atoms with Crippen molar-refractivity contribution < 1.29 is 9.32 Å². The number of anilines is 1. The van der Waals surface area contributed by atoms with Crippen LogP contribution in [0.15, 0.2) is 52.2 Å². The van der Waals surface area contributed by atoms with Crippen LogP contribution in [-0.2, 0) is 5.41 Å². The lowest BCUT2D eigenvalue weighted by Crippen LogP contribution is -2.15. The zero-order chi connectivity index (χ0) is 18.7. The fourth-order valence-corrected chi connectivity index (χ4v) is 2.29. The van der Waals surface area contributed by atoms with E-state index in [1.54, 1.807) is 18.3 Å². The SMILES string of the molecule is CC(C)(C)c1cc(C(=O)C(C#N)=NNc2cccc3cccnc23)no1. The van der Waals surface area contributed by atoms with Gasteiger partial charge in [0.25, 0.3) is 0 Å². The number of fused-ring (bicyclic) bond motifs is 1. The molecule has 0 radical (unpaired) electrons. The zero-order valence-electron chi connectivity index (χ0n) is 14.6. The third-order valence-corrected chi connectivity index (χ3v) is 3.72. The Morgan fingerprint density at radius 1 is 1.27 bits per heavy atom. The molecular weight excluding hydrogens is 330 g/mol. The number of nitrogens with one attached hydrogen (secondary N) is 1. The fourth-order valence-electron chi connectivity index (χ4n) is 2.29. The van der Waals surface area contributed by atoms with Gasteiger partial charge in [0, 0.05) is 23.1 Å². The van der Waals surface area contributed by atoms with Crippen molar-refractivity contribution in [2.45, 2.75) is 26.2 Å². The predicted octanol–water partition coefficient (Wildman–Crippen LogP) is 3.69. The maximum absolute atomic E-state index is 12.5. The van der Waals surface area contributed by atoms with Gasteiger partial charge in [-0.2, -0.15) is 10.4 Å². The van der Waals surface area contributed by atoms with Gasteiger partial charge in [-0.25, -0.2) is 0 Å². The van der Waals surface area contributed by atoms with E-state index in [-0.39, 0.29) is 16.8 Å². The van der Waals surface area contributed by atoms with Gasteiger partial charge >= 0.3 is 0 Å². The first-order valence-corrected chi connectivity index (χ1v) is 7.99. The largest absolute Gasteiger partial charge is 0.360 e. The number of hydrogen-bond acceptors (Lipinski definition) is 7. The molecule has 0 amide bonds. The number of rotatable bonds is 4. The Labute approximate surface area is 150 Å². The summed E-state index contributed by atoms with van der Waals surface area (Å²) in [6.07, 6.45) is 1.66. The van der Waals surface area contributed by atoms with Gasteiger partial charge in [-0.05, 0) is 12.1 Å². The summed E-state index contributed by atoms with van der Waals surface area (Å²) in [5.41, 5.74) is 3.49. The lowest BCUT2D eigenvalue weighted by Gasteiger charge is -2.11. The molecule has 1 N–H and O–H groups in total. The molecule has 0 bridgehead atoms. The molecule has 3 rings (SSSR count). The molecule has 0 atom stereocenters. The van der Waals surface area contributed by atoms with Crippen LogP contribution in [0.1, 0.15) is 37.0 Å². The number of para-hydroxylation sites is 1. The molecule has 0 aliphatic rings.